The van der Waals surface area contributed by atoms with Crippen molar-refractivity contribution in [1.82, 2.24) is 10.2 Å². The highest BCUT2D eigenvalue weighted by Gasteiger charge is 2.21. The molecule has 0 radical (unpaired) electrons. The summed E-state index contributed by atoms with van der Waals surface area (Å²) in [5.41, 5.74) is 1.44. The van der Waals surface area contributed by atoms with Crippen LogP contribution in [0.15, 0.2) is 15.2 Å². The van der Waals surface area contributed by atoms with Gasteiger partial charge >= 0.3 is 0 Å². The van der Waals surface area contributed by atoms with Gasteiger partial charge in [0, 0.05) is 13.1 Å². The maximum Gasteiger partial charge on any atom is 0.0701 e. The van der Waals surface area contributed by atoms with Crippen LogP contribution >= 0.6 is 27.3 Å². The summed E-state index contributed by atoms with van der Waals surface area (Å²) >= 11 is 5.28. The van der Waals surface area contributed by atoms with E-state index in [0.29, 0.717) is 0 Å². The lowest BCUT2D eigenvalue weighted by Gasteiger charge is -2.14. The van der Waals surface area contributed by atoms with Gasteiger partial charge in [0.25, 0.3) is 0 Å². The van der Waals surface area contributed by atoms with Crippen molar-refractivity contribution in [1.29, 1.82) is 0 Å². The summed E-state index contributed by atoms with van der Waals surface area (Å²) in [5.74, 6) is 0.845. The molecule has 1 atom stereocenters. The fourth-order valence-electron chi connectivity index (χ4n) is 2.20. The number of halogens is 1. The molecule has 0 amide bonds. The second-order valence-corrected chi connectivity index (χ2v) is 6.50. The van der Waals surface area contributed by atoms with Crippen LogP contribution in [0.3, 0.4) is 0 Å². The van der Waals surface area contributed by atoms with E-state index < -0.39 is 0 Å². The second kappa shape index (κ2) is 5.43. The van der Waals surface area contributed by atoms with Gasteiger partial charge in [-0.05, 0) is 65.4 Å². The van der Waals surface area contributed by atoms with Crippen molar-refractivity contribution in [2.75, 3.05) is 26.7 Å². The van der Waals surface area contributed by atoms with Gasteiger partial charge in [0.1, 0.15) is 0 Å². The van der Waals surface area contributed by atoms with Gasteiger partial charge in [-0.3, -0.25) is 4.90 Å². The first-order valence-corrected chi connectivity index (χ1v) is 7.05. The molecule has 15 heavy (non-hydrogen) atoms. The van der Waals surface area contributed by atoms with E-state index in [1.165, 1.54) is 28.9 Å². The molecule has 84 valence electrons. The van der Waals surface area contributed by atoms with E-state index in [1.54, 1.807) is 11.3 Å². The number of hydrogen-bond donors (Lipinski definition) is 1. The lowest BCUT2D eigenvalue weighted by molar-refractivity contribution is 0.316. The fraction of sp³-hybridized carbons (Fsp3) is 0.636. The molecule has 0 saturated carbocycles. The van der Waals surface area contributed by atoms with Crippen LogP contribution < -0.4 is 5.32 Å². The molecule has 1 aliphatic heterocycles. The maximum atomic E-state index is 3.51. The van der Waals surface area contributed by atoms with Crippen molar-refractivity contribution in [2.24, 2.45) is 5.92 Å². The second-order valence-electron chi connectivity index (χ2n) is 4.21. The van der Waals surface area contributed by atoms with Gasteiger partial charge in [0.2, 0.25) is 0 Å². The average molecular weight is 289 g/mol. The SMILES string of the molecule is CNCC1CCN(Cc2csc(Br)c2)C1. The molecular formula is C11H17BrN2S. The third kappa shape index (κ3) is 3.28. The van der Waals surface area contributed by atoms with Gasteiger partial charge in [-0.1, -0.05) is 0 Å². The Morgan fingerprint density at radius 2 is 2.53 bits per heavy atom. The molecule has 1 N–H and O–H groups in total. The molecular weight excluding hydrogens is 272 g/mol. The Morgan fingerprint density at radius 3 is 3.20 bits per heavy atom. The summed E-state index contributed by atoms with van der Waals surface area (Å²) in [7, 11) is 2.04. The van der Waals surface area contributed by atoms with Crippen LogP contribution in [0.2, 0.25) is 0 Å². The summed E-state index contributed by atoms with van der Waals surface area (Å²) in [4.78, 5) is 2.55. The molecule has 0 bridgehead atoms. The summed E-state index contributed by atoms with van der Waals surface area (Å²) < 4.78 is 1.24. The number of nitrogens with one attached hydrogen (secondary N) is 1. The first-order valence-electron chi connectivity index (χ1n) is 5.38. The van der Waals surface area contributed by atoms with E-state index in [1.807, 2.05) is 7.05 Å². The summed E-state index contributed by atoms with van der Waals surface area (Å²) in [5, 5.41) is 5.51. The first kappa shape index (κ1) is 11.6. The summed E-state index contributed by atoms with van der Waals surface area (Å²) in [6.07, 6.45) is 1.34. The normalized spacial score (nSPS) is 22.4. The zero-order valence-electron chi connectivity index (χ0n) is 9.00. The quantitative estimate of drug-likeness (QED) is 0.916. The van der Waals surface area contributed by atoms with E-state index in [2.05, 4.69) is 37.6 Å². The van der Waals surface area contributed by atoms with E-state index >= 15 is 0 Å². The topological polar surface area (TPSA) is 15.3 Å². The van der Waals surface area contributed by atoms with Gasteiger partial charge in [-0.25, -0.2) is 0 Å². The van der Waals surface area contributed by atoms with Crippen LogP contribution in [0.1, 0.15) is 12.0 Å². The van der Waals surface area contributed by atoms with Crippen molar-refractivity contribution in [3.63, 3.8) is 0 Å². The third-order valence-corrected chi connectivity index (χ3v) is 4.44. The van der Waals surface area contributed by atoms with Gasteiger partial charge in [0.15, 0.2) is 0 Å². The largest absolute Gasteiger partial charge is 0.319 e. The minimum atomic E-state index is 0.845. The standard InChI is InChI=1S/C11H17BrN2S/c1-13-5-9-2-3-14(6-9)7-10-4-11(12)15-8-10/h4,8-9,13H,2-3,5-7H2,1H3. The Bertz CT molecular complexity index is 313. The van der Waals surface area contributed by atoms with Crippen LogP contribution in [-0.4, -0.2) is 31.6 Å². The molecule has 2 nitrogen and oxygen atoms in total. The Morgan fingerprint density at radius 1 is 1.67 bits per heavy atom. The predicted octanol–water partition coefficient (Wildman–Crippen LogP) is 2.55. The van der Waals surface area contributed by atoms with Crippen molar-refractivity contribution in [3.8, 4) is 0 Å². The summed E-state index contributed by atoms with van der Waals surface area (Å²) in [6, 6.07) is 2.23. The molecule has 0 spiro atoms. The lowest BCUT2D eigenvalue weighted by Crippen LogP contribution is -2.24. The van der Waals surface area contributed by atoms with Crippen molar-refractivity contribution in [2.45, 2.75) is 13.0 Å². The average Bonchev–Trinajstić information content (AvgIpc) is 2.78. The molecule has 4 heteroatoms. The van der Waals surface area contributed by atoms with Gasteiger partial charge in [0.05, 0.1) is 3.79 Å². The van der Waals surface area contributed by atoms with Gasteiger partial charge < -0.3 is 5.32 Å². The smallest absolute Gasteiger partial charge is 0.0701 e. The fourth-order valence-corrected chi connectivity index (χ4v) is 3.40. The van der Waals surface area contributed by atoms with E-state index in [-0.39, 0.29) is 0 Å². The number of hydrogen-bond acceptors (Lipinski definition) is 3. The molecule has 1 unspecified atom stereocenters. The first-order chi connectivity index (χ1) is 7.28. The zero-order chi connectivity index (χ0) is 10.7. The van der Waals surface area contributed by atoms with Gasteiger partial charge in [-0.15, -0.1) is 11.3 Å². The van der Waals surface area contributed by atoms with Crippen molar-refractivity contribution < 1.29 is 0 Å². The molecule has 1 aliphatic rings. The Balaban J connectivity index is 1.82. The van der Waals surface area contributed by atoms with Crippen LogP contribution in [-0.2, 0) is 6.54 Å². The monoisotopic (exact) mass is 288 g/mol. The summed E-state index contributed by atoms with van der Waals surface area (Å²) in [6.45, 7) is 4.76. The lowest BCUT2D eigenvalue weighted by atomic mass is 10.1. The van der Waals surface area contributed by atoms with Crippen LogP contribution in [0.25, 0.3) is 0 Å². The molecule has 1 saturated heterocycles. The maximum absolute atomic E-state index is 3.51. The van der Waals surface area contributed by atoms with E-state index in [4.69, 9.17) is 0 Å². The van der Waals surface area contributed by atoms with Crippen molar-refractivity contribution >= 4 is 27.3 Å². The molecule has 1 fully saturated rings. The van der Waals surface area contributed by atoms with Crippen molar-refractivity contribution in [3.05, 3.63) is 20.8 Å². The molecule has 0 aromatic carbocycles. The minimum Gasteiger partial charge on any atom is -0.319 e. The molecule has 1 aromatic rings. The highest BCUT2D eigenvalue weighted by molar-refractivity contribution is 9.11. The van der Waals surface area contributed by atoms with E-state index in [9.17, 15) is 0 Å². The number of nitrogens with zero attached hydrogens (tertiary/aromatic N) is 1. The molecule has 1 aromatic heterocycles. The number of thiophene rings is 1. The highest BCUT2D eigenvalue weighted by atomic mass is 79.9. The molecule has 0 aliphatic carbocycles. The van der Waals surface area contributed by atoms with Crippen LogP contribution in [0.4, 0.5) is 0 Å². The molecule has 2 heterocycles. The Labute approximate surface area is 104 Å². The van der Waals surface area contributed by atoms with E-state index in [0.717, 1.165) is 19.0 Å². The Kier molecular flexibility index (Phi) is 4.20. The highest BCUT2D eigenvalue weighted by Crippen LogP contribution is 2.24. The van der Waals surface area contributed by atoms with Crippen LogP contribution in [0, 0.1) is 5.92 Å². The predicted molar refractivity (Wildman–Crippen MR) is 69.3 cm³/mol. The third-order valence-electron chi connectivity index (χ3n) is 2.89. The minimum absolute atomic E-state index is 0.845. The number of rotatable bonds is 4. The Hall–Kier alpha value is 0.100. The van der Waals surface area contributed by atoms with Crippen LogP contribution in [0.5, 0.6) is 0 Å². The zero-order valence-corrected chi connectivity index (χ0v) is 11.4. The molecule has 2 rings (SSSR count). The number of likely N-dealkylation sites (tertiary alicyclic amines) is 1. The van der Waals surface area contributed by atoms with Gasteiger partial charge in [-0.2, -0.15) is 0 Å².